The summed E-state index contributed by atoms with van der Waals surface area (Å²) < 4.78 is 5.25. The first-order valence-corrected chi connectivity index (χ1v) is 6.10. The Morgan fingerprint density at radius 1 is 1.24 bits per heavy atom. The number of aromatic nitrogens is 1. The second kappa shape index (κ2) is 3.91. The number of nitrogens with one attached hydrogen (secondary N) is 1. The predicted molar refractivity (Wildman–Crippen MR) is 68.1 cm³/mol. The number of H-pyrrole nitrogens is 1. The Morgan fingerprint density at radius 3 is 2.88 bits per heavy atom. The van der Waals surface area contributed by atoms with Crippen LogP contribution in [0.15, 0.2) is 18.2 Å². The topological polar surface area (TPSA) is 49.4 Å². The predicted octanol–water partition coefficient (Wildman–Crippen LogP) is 2.12. The van der Waals surface area contributed by atoms with Crippen LogP contribution in [-0.4, -0.2) is 7.11 Å². The van der Waals surface area contributed by atoms with Gasteiger partial charge in [0.2, 0.25) is 5.52 Å². The first-order chi connectivity index (χ1) is 8.29. The highest BCUT2D eigenvalue weighted by Gasteiger charge is 2.21. The van der Waals surface area contributed by atoms with Crippen molar-refractivity contribution in [3.05, 3.63) is 29.5 Å². The number of rotatable bonds is 1. The normalized spacial score (nSPS) is 14.6. The van der Waals surface area contributed by atoms with Crippen molar-refractivity contribution in [3.63, 3.8) is 0 Å². The van der Waals surface area contributed by atoms with E-state index >= 15 is 0 Å². The lowest BCUT2D eigenvalue weighted by Crippen LogP contribution is -2.21. The van der Waals surface area contributed by atoms with Crippen LogP contribution in [0.2, 0.25) is 0 Å². The summed E-state index contributed by atoms with van der Waals surface area (Å²) in [6.07, 6.45) is 4.69. The third-order valence-electron chi connectivity index (χ3n) is 3.60. The number of hydrogen-bond acceptors (Lipinski definition) is 2. The lowest BCUT2D eigenvalue weighted by Gasteiger charge is -2.14. The van der Waals surface area contributed by atoms with Gasteiger partial charge < -0.3 is 10.5 Å². The Morgan fingerprint density at radius 2 is 2.06 bits per heavy atom. The van der Waals surface area contributed by atoms with Crippen molar-refractivity contribution in [2.24, 2.45) is 0 Å². The number of aryl methyl sites for hydroxylation is 1. The molecule has 1 aliphatic carbocycles. The van der Waals surface area contributed by atoms with Gasteiger partial charge in [-0.15, -0.1) is 0 Å². The van der Waals surface area contributed by atoms with Crippen LogP contribution in [0.1, 0.15) is 24.1 Å². The summed E-state index contributed by atoms with van der Waals surface area (Å²) in [4.78, 5) is 3.50. The van der Waals surface area contributed by atoms with E-state index in [0.29, 0.717) is 0 Å². The Kier molecular flexibility index (Phi) is 2.39. The van der Waals surface area contributed by atoms with Crippen LogP contribution in [0.3, 0.4) is 0 Å². The monoisotopic (exact) mass is 229 g/mol. The number of benzene rings is 1. The average Bonchev–Trinajstić information content (AvgIpc) is 2.38. The third kappa shape index (κ3) is 1.62. The van der Waals surface area contributed by atoms with Gasteiger partial charge in [-0.25, -0.2) is 4.98 Å². The van der Waals surface area contributed by atoms with Gasteiger partial charge in [0.25, 0.3) is 0 Å². The van der Waals surface area contributed by atoms with Crippen LogP contribution < -0.4 is 15.5 Å². The quantitative estimate of drug-likeness (QED) is 0.814. The molecule has 0 unspecified atom stereocenters. The number of ether oxygens (including phenoxy) is 1. The summed E-state index contributed by atoms with van der Waals surface area (Å²) >= 11 is 0. The molecule has 0 bridgehead atoms. The molecule has 0 radical (unpaired) electrons. The summed E-state index contributed by atoms with van der Waals surface area (Å²) in [5.41, 5.74) is 10.9. The lowest BCUT2D eigenvalue weighted by atomic mass is 9.93. The summed E-state index contributed by atoms with van der Waals surface area (Å²) in [6.45, 7) is 0. The zero-order chi connectivity index (χ0) is 11.8. The molecule has 0 saturated heterocycles. The minimum atomic E-state index is 0.865. The number of fused-ring (bicyclic) bond motifs is 2. The molecule has 3 nitrogen and oxygen atoms in total. The Hall–Kier alpha value is -1.77. The van der Waals surface area contributed by atoms with Crippen LogP contribution in [0.25, 0.3) is 10.9 Å². The number of nitrogens with two attached hydrogens (primary N) is 1. The molecule has 3 heteroatoms. The molecule has 2 aromatic rings. The maximum atomic E-state index is 6.27. The molecule has 1 aromatic heterocycles. The van der Waals surface area contributed by atoms with Gasteiger partial charge >= 0.3 is 0 Å². The smallest absolute Gasteiger partial charge is 0.216 e. The van der Waals surface area contributed by atoms with Gasteiger partial charge in [0.1, 0.15) is 5.75 Å². The largest absolute Gasteiger partial charge is 0.497 e. The van der Waals surface area contributed by atoms with Gasteiger partial charge in [0.15, 0.2) is 5.69 Å². The molecule has 0 amide bonds. The van der Waals surface area contributed by atoms with E-state index in [9.17, 15) is 0 Å². The molecule has 0 saturated carbocycles. The highest BCUT2D eigenvalue weighted by atomic mass is 16.5. The van der Waals surface area contributed by atoms with Crippen molar-refractivity contribution in [2.75, 3.05) is 12.8 Å². The molecular weight excluding hydrogens is 212 g/mol. The molecule has 1 aliphatic rings. The van der Waals surface area contributed by atoms with Crippen molar-refractivity contribution >= 4 is 16.6 Å². The van der Waals surface area contributed by atoms with Crippen LogP contribution in [0, 0.1) is 0 Å². The van der Waals surface area contributed by atoms with Gasteiger partial charge in [-0.2, -0.15) is 0 Å². The molecule has 0 atom stereocenters. The minimum absolute atomic E-state index is 0.865. The van der Waals surface area contributed by atoms with E-state index in [-0.39, 0.29) is 0 Å². The number of pyridine rings is 1. The lowest BCUT2D eigenvalue weighted by molar-refractivity contribution is -0.359. The molecule has 0 aliphatic heterocycles. The fourth-order valence-electron chi connectivity index (χ4n) is 2.65. The second-order valence-electron chi connectivity index (χ2n) is 4.61. The highest BCUT2D eigenvalue weighted by Crippen LogP contribution is 2.30. The number of hydrogen-bond donors (Lipinski definition) is 1. The van der Waals surface area contributed by atoms with Gasteiger partial charge in [0.05, 0.1) is 24.2 Å². The van der Waals surface area contributed by atoms with Gasteiger partial charge in [-0.3, -0.25) is 0 Å². The first-order valence-electron chi connectivity index (χ1n) is 6.10. The fraction of sp³-hybridized carbons (Fsp3) is 0.357. The van der Waals surface area contributed by atoms with Crippen molar-refractivity contribution in [3.8, 4) is 5.75 Å². The van der Waals surface area contributed by atoms with Gasteiger partial charge in [-0.1, -0.05) is 0 Å². The first kappa shape index (κ1) is 10.4. The molecule has 1 aromatic carbocycles. The van der Waals surface area contributed by atoms with E-state index in [0.717, 1.165) is 35.2 Å². The fourth-order valence-corrected chi connectivity index (χ4v) is 2.65. The van der Waals surface area contributed by atoms with E-state index in [1.165, 1.54) is 24.1 Å². The van der Waals surface area contributed by atoms with E-state index in [2.05, 4.69) is 4.98 Å². The van der Waals surface area contributed by atoms with Crippen LogP contribution in [0.4, 0.5) is 5.69 Å². The summed E-state index contributed by atoms with van der Waals surface area (Å²) in [6, 6.07) is 6.01. The van der Waals surface area contributed by atoms with Crippen LogP contribution >= 0.6 is 0 Å². The molecular formula is C14H17N2O+. The summed E-state index contributed by atoms with van der Waals surface area (Å²) in [5, 5.41) is 1.10. The maximum absolute atomic E-state index is 6.27. The molecule has 3 rings (SSSR count). The minimum Gasteiger partial charge on any atom is -0.497 e. The molecule has 1 heterocycles. The zero-order valence-corrected chi connectivity index (χ0v) is 10.0. The molecule has 17 heavy (non-hydrogen) atoms. The van der Waals surface area contributed by atoms with Crippen molar-refractivity contribution < 1.29 is 9.72 Å². The van der Waals surface area contributed by atoms with E-state index in [4.69, 9.17) is 10.5 Å². The van der Waals surface area contributed by atoms with Crippen molar-refractivity contribution in [1.82, 2.24) is 0 Å². The molecule has 3 N–H and O–H groups in total. The summed E-state index contributed by atoms with van der Waals surface area (Å²) in [5.74, 6) is 0.865. The van der Waals surface area contributed by atoms with E-state index in [1.54, 1.807) is 7.11 Å². The average molecular weight is 229 g/mol. The second-order valence-corrected chi connectivity index (χ2v) is 4.61. The number of nitrogen functional groups attached to an aromatic ring is 1. The van der Waals surface area contributed by atoms with Crippen molar-refractivity contribution in [2.45, 2.75) is 25.7 Å². The SMILES string of the molecule is COc1ccc2c(N)c3c([nH+]c2c1)CCCC3. The number of methoxy groups -OCH3 is 1. The van der Waals surface area contributed by atoms with E-state index in [1.807, 2.05) is 18.2 Å². The molecule has 0 spiro atoms. The molecule has 88 valence electrons. The highest BCUT2D eigenvalue weighted by molar-refractivity contribution is 5.90. The Labute approximate surface area is 101 Å². The zero-order valence-electron chi connectivity index (χ0n) is 10.0. The summed E-state index contributed by atoms with van der Waals surface area (Å²) in [7, 11) is 1.68. The third-order valence-corrected chi connectivity index (χ3v) is 3.60. The van der Waals surface area contributed by atoms with Crippen molar-refractivity contribution in [1.29, 1.82) is 0 Å². The Bertz CT molecular complexity index is 578. The number of aromatic amines is 1. The Balaban J connectivity index is 2.28. The molecule has 0 fully saturated rings. The maximum Gasteiger partial charge on any atom is 0.216 e. The number of anilines is 1. The van der Waals surface area contributed by atoms with Gasteiger partial charge in [-0.05, 0) is 31.4 Å². The van der Waals surface area contributed by atoms with Gasteiger partial charge in [0, 0.05) is 12.0 Å². The van der Waals surface area contributed by atoms with Crippen LogP contribution in [0.5, 0.6) is 5.75 Å². The van der Waals surface area contributed by atoms with E-state index < -0.39 is 0 Å². The standard InChI is InChI=1S/C14H16N2O/c1-17-9-6-7-11-13(8-9)16-12-5-3-2-4-10(12)14(11)15/h6-8H,2-5H2,1H3,(H2,15,16)/p+1. The van der Waals surface area contributed by atoms with Crippen LogP contribution in [-0.2, 0) is 12.8 Å².